The molecule has 1 aromatic carbocycles. The van der Waals surface area contributed by atoms with Crippen LogP contribution in [-0.4, -0.2) is 12.3 Å². The third-order valence-corrected chi connectivity index (χ3v) is 3.81. The van der Waals surface area contributed by atoms with E-state index >= 15 is 0 Å². The Morgan fingerprint density at radius 2 is 2.16 bits per heavy atom. The Morgan fingerprint density at radius 1 is 1.32 bits per heavy atom. The highest BCUT2D eigenvalue weighted by Gasteiger charge is 1.98. The lowest BCUT2D eigenvalue weighted by Crippen LogP contribution is -2.18. The molecule has 1 aromatic rings. The van der Waals surface area contributed by atoms with Gasteiger partial charge in [-0.1, -0.05) is 26.0 Å². The number of nitriles is 1. The highest BCUT2D eigenvalue weighted by atomic mass is 32.2. The van der Waals surface area contributed by atoms with E-state index in [2.05, 4.69) is 49.5 Å². The van der Waals surface area contributed by atoms with E-state index in [4.69, 9.17) is 5.26 Å². The molecule has 0 bridgehead atoms. The van der Waals surface area contributed by atoms with Crippen molar-refractivity contribution in [1.29, 1.82) is 5.26 Å². The van der Waals surface area contributed by atoms with Gasteiger partial charge in [-0.05, 0) is 48.8 Å². The summed E-state index contributed by atoms with van der Waals surface area (Å²) in [5, 5.41) is 11.9. The third kappa shape index (κ3) is 7.92. The minimum absolute atomic E-state index is 0.680. The summed E-state index contributed by atoms with van der Waals surface area (Å²) in [5.41, 5.74) is 1.35. The van der Waals surface area contributed by atoms with Crippen molar-refractivity contribution in [3.63, 3.8) is 0 Å². The van der Waals surface area contributed by atoms with Crippen LogP contribution in [0, 0.1) is 17.2 Å². The molecule has 104 valence electrons. The van der Waals surface area contributed by atoms with Crippen molar-refractivity contribution in [3.05, 3.63) is 29.8 Å². The van der Waals surface area contributed by atoms with Crippen LogP contribution < -0.4 is 5.32 Å². The summed E-state index contributed by atoms with van der Waals surface area (Å²) in [4.78, 5) is 1.33. The molecule has 0 aliphatic heterocycles. The molecule has 0 spiro atoms. The lowest BCUT2D eigenvalue weighted by atomic mass is 10.2. The molecule has 0 saturated carbocycles. The van der Waals surface area contributed by atoms with Gasteiger partial charge in [-0.25, -0.2) is 0 Å². The Balaban J connectivity index is 2.29. The maximum absolute atomic E-state index is 8.48. The molecule has 0 heterocycles. The molecule has 19 heavy (non-hydrogen) atoms. The summed E-state index contributed by atoms with van der Waals surface area (Å²) >= 11 is 1.89. The molecule has 0 atom stereocenters. The summed E-state index contributed by atoms with van der Waals surface area (Å²) < 4.78 is 0. The molecule has 0 aliphatic rings. The van der Waals surface area contributed by atoms with Crippen molar-refractivity contribution in [2.75, 3.05) is 12.3 Å². The van der Waals surface area contributed by atoms with Crippen LogP contribution in [-0.2, 0) is 6.54 Å². The van der Waals surface area contributed by atoms with Crippen LogP contribution in [0.1, 0.15) is 38.7 Å². The van der Waals surface area contributed by atoms with Gasteiger partial charge in [-0.3, -0.25) is 0 Å². The van der Waals surface area contributed by atoms with Crippen molar-refractivity contribution in [2.24, 2.45) is 5.92 Å². The second-order valence-electron chi connectivity index (χ2n) is 5.14. The monoisotopic (exact) mass is 276 g/mol. The van der Waals surface area contributed by atoms with Gasteiger partial charge in [-0.15, -0.1) is 11.8 Å². The van der Waals surface area contributed by atoms with Crippen LogP contribution in [0.5, 0.6) is 0 Å². The van der Waals surface area contributed by atoms with E-state index in [9.17, 15) is 0 Å². The van der Waals surface area contributed by atoms with E-state index in [0.29, 0.717) is 12.3 Å². The third-order valence-electron chi connectivity index (χ3n) is 2.73. The molecule has 0 unspecified atom stereocenters. The number of benzene rings is 1. The minimum atomic E-state index is 0.680. The van der Waals surface area contributed by atoms with Gasteiger partial charge in [0.2, 0.25) is 0 Å². The zero-order chi connectivity index (χ0) is 13.9. The van der Waals surface area contributed by atoms with Crippen LogP contribution in [0.3, 0.4) is 0 Å². The fourth-order valence-corrected chi connectivity index (χ4v) is 2.74. The Kier molecular flexibility index (Phi) is 8.36. The van der Waals surface area contributed by atoms with Gasteiger partial charge < -0.3 is 5.32 Å². The van der Waals surface area contributed by atoms with E-state index in [1.807, 2.05) is 11.8 Å². The van der Waals surface area contributed by atoms with Gasteiger partial charge in [-0.2, -0.15) is 5.26 Å². The average molecular weight is 276 g/mol. The number of nitrogens with zero attached hydrogens (tertiary/aromatic N) is 1. The number of unbranched alkanes of at least 4 members (excludes halogenated alkanes) is 2. The quantitative estimate of drug-likeness (QED) is 0.542. The predicted molar refractivity (Wildman–Crippen MR) is 83.2 cm³/mol. The Hall–Kier alpha value is -0.980. The highest BCUT2D eigenvalue weighted by molar-refractivity contribution is 7.99. The standard InChI is InChI=1S/C16H24N2S/c1-14(2)12-18-13-15-7-6-8-16(11-15)19-10-5-3-4-9-17/h6-8,11,14,18H,3-5,10,12-13H2,1-2H3. The number of hydrogen-bond donors (Lipinski definition) is 1. The molecule has 2 nitrogen and oxygen atoms in total. The normalized spacial score (nSPS) is 10.6. The molecule has 0 radical (unpaired) electrons. The van der Waals surface area contributed by atoms with Gasteiger partial charge in [0.1, 0.15) is 0 Å². The van der Waals surface area contributed by atoms with Gasteiger partial charge >= 0.3 is 0 Å². The molecule has 1 rings (SSSR count). The van der Waals surface area contributed by atoms with Crippen molar-refractivity contribution >= 4 is 11.8 Å². The first-order valence-corrected chi connectivity index (χ1v) is 8.00. The van der Waals surface area contributed by atoms with Crippen LogP contribution in [0.2, 0.25) is 0 Å². The first-order chi connectivity index (χ1) is 9.22. The van der Waals surface area contributed by atoms with E-state index in [1.54, 1.807) is 0 Å². The zero-order valence-electron chi connectivity index (χ0n) is 12.0. The Morgan fingerprint density at radius 3 is 2.89 bits per heavy atom. The lowest BCUT2D eigenvalue weighted by molar-refractivity contribution is 0.552. The fraction of sp³-hybridized carbons (Fsp3) is 0.562. The summed E-state index contributed by atoms with van der Waals surface area (Å²) in [6, 6.07) is 10.9. The zero-order valence-corrected chi connectivity index (χ0v) is 12.8. The van der Waals surface area contributed by atoms with E-state index in [0.717, 1.165) is 31.7 Å². The second kappa shape index (κ2) is 9.89. The minimum Gasteiger partial charge on any atom is -0.312 e. The molecular weight excluding hydrogens is 252 g/mol. The van der Waals surface area contributed by atoms with Crippen molar-refractivity contribution < 1.29 is 0 Å². The molecular formula is C16H24N2S. The smallest absolute Gasteiger partial charge is 0.0621 e. The predicted octanol–water partition coefficient (Wildman–Crippen LogP) is 4.22. The second-order valence-corrected chi connectivity index (χ2v) is 6.30. The number of rotatable bonds is 9. The summed E-state index contributed by atoms with van der Waals surface area (Å²) in [5.74, 6) is 1.79. The molecule has 1 N–H and O–H groups in total. The first-order valence-electron chi connectivity index (χ1n) is 7.01. The lowest BCUT2D eigenvalue weighted by Gasteiger charge is -2.08. The maximum atomic E-state index is 8.48. The average Bonchev–Trinajstić information content (AvgIpc) is 2.39. The van der Waals surface area contributed by atoms with Crippen LogP contribution in [0.15, 0.2) is 29.2 Å². The first kappa shape index (κ1) is 16.1. The Bertz CT molecular complexity index is 396. The molecule has 0 aromatic heterocycles. The SMILES string of the molecule is CC(C)CNCc1cccc(SCCCCC#N)c1. The number of hydrogen-bond acceptors (Lipinski definition) is 3. The van der Waals surface area contributed by atoms with Crippen LogP contribution >= 0.6 is 11.8 Å². The molecule has 0 aliphatic carbocycles. The van der Waals surface area contributed by atoms with Crippen LogP contribution in [0.25, 0.3) is 0 Å². The topological polar surface area (TPSA) is 35.8 Å². The summed E-state index contributed by atoms with van der Waals surface area (Å²) in [6.45, 7) is 6.45. The summed E-state index contributed by atoms with van der Waals surface area (Å²) in [6.07, 6.45) is 2.81. The van der Waals surface area contributed by atoms with Crippen molar-refractivity contribution in [3.8, 4) is 6.07 Å². The Labute approximate surface area is 121 Å². The summed E-state index contributed by atoms with van der Waals surface area (Å²) in [7, 11) is 0. The maximum Gasteiger partial charge on any atom is 0.0621 e. The van der Waals surface area contributed by atoms with Gasteiger partial charge in [0.15, 0.2) is 0 Å². The van der Waals surface area contributed by atoms with Crippen molar-refractivity contribution in [1.82, 2.24) is 5.32 Å². The molecule has 0 saturated heterocycles. The molecule has 0 amide bonds. The van der Waals surface area contributed by atoms with Gasteiger partial charge in [0.05, 0.1) is 6.07 Å². The number of nitrogens with one attached hydrogen (secondary N) is 1. The highest BCUT2D eigenvalue weighted by Crippen LogP contribution is 2.20. The molecule has 3 heteroatoms. The van der Waals surface area contributed by atoms with E-state index in [1.165, 1.54) is 10.5 Å². The van der Waals surface area contributed by atoms with Crippen LogP contribution in [0.4, 0.5) is 0 Å². The fourth-order valence-electron chi connectivity index (χ4n) is 1.75. The van der Waals surface area contributed by atoms with Gasteiger partial charge in [0, 0.05) is 17.9 Å². The van der Waals surface area contributed by atoms with Crippen molar-refractivity contribution in [2.45, 2.75) is 44.6 Å². The largest absolute Gasteiger partial charge is 0.312 e. The van der Waals surface area contributed by atoms with E-state index < -0.39 is 0 Å². The molecule has 0 fully saturated rings. The van der Waals surface area contributed by atoms with Gasteiger partial charge in [0.25, 0.3) is 0 Å². The number of thioether (sulfide) groups is 1. The van der Waals surface area contributed by atoms with E-state index in [-0.39, 0.29) is 0 Å².